The van der Waals surface area contributed by atoms with Crippen molar-refractivity contribution in [3.05, 3.63) is 86.9 Å². The van der Waals surface area contributed by atoms with Gasteiger partial charge in [-0.25, -0.2) is 0 Å². The van der Waals surface area contributed by atoms with E-state index in [2.05, 4.69) is 0 Å². The Bertz CT molecular complexity index is 924. The first-order valence-electron chi connectivity index (χ1n) is 6.91. The molecule has 0 amide bonds. The first-order chi connectivity index (χ1) is 11.1. The molecule has 3 rings (SSSR count). The van der Waals surface area contributed by atoms with Crippen LogP contribution < -0.4 is 0 Å². The van der Waals surface area contributed by atoms with Crippen LogP contribution in [-0.4, -0.2) is 5.78 Å². The molecule has 3 aromatic carbocycles. The lowest BCUT2D eigenvalue weighted by atomic mass is 10.0. The predicted molar refractivity (Wildman–Crippen MR) is 98.8 cm³/mol. The largest absolute Gasteiger partial charge is 0.289 e. The smallest absolute Gasteiger partial charge is 0.187 e. The minimum absolute atomic E-state index is 0.173. The van der Waals surface area contributed by atoms with Crippen molar-refractivity contribution < 1.29 is 4.79 Å². The third-order valence-electron chi connectivity index (χ3n) is 3.54. The fourth-order valence-electron chi connectivity index (χ4n) is 2.37. The molecule has 0 radical (unpaired) electrons. The van der Waals surface area contributed by atoms with E-state index in [-0.39, 0.29) is 15.8 Å². The molecule has 114 valence electrons. The number of carbonyl (C=O) groups excluding carboxylic acids is 1. The average Bonchev–Trinajstić information content (AvgIpc) is 2.57. The van der Waals surface area contributed by atoms with Crippen molar-refractivity contribution in [1.82, 2.24) is 0 Å². The van der Waals surface area contributed by atoms with Gasteiger partial charge in [0.2, 0.25) is 0 Å². The zero-order valence-corrected chi connectivity index (χ0v) is 14.2. The molecule has 0 atom stereocenters. The van der Waals surface area contributed by atoms with E-state index in [4.69, 9.17) is 34.8 Å². The quantitative estimate of drug-likeness (QED) is 0.288. The lowest BCUT2D eigenvalue weighted by molar-refractivity contribution is 0.104. The molecule has 0 aromatic heterocycles. The molecule has 0 aliphatic rings. The standard InChI is InChI=1S/C19H11Cl3O/c20-16-10-9-15(18(21)19(16)22)17(23)11-8-13-6-3-5-12-4-1-2-7-14(12)13/h1-11H. The Morgan fingerprint density at radius 3 is 2.39 bits per heavy atom. The van der Waals surface area contributed by atoms with Crippen LogP contribution in [0.15, 0.2) is 60.7 Å². The van der Waals surface area contributed by atoms with E-state index in [1.54, 1.807) is 18.2 Å². The van der Waals surface area contributed by atoms with Gasteiger partial charge in [-0.3, -0.25) is 4.79 Å². The number of benzene rings is 3. The third-order valence-corrected chi connectivity index (χ3v) is 4.83. The Balaban J connectivity index is 1.96. The Labute approximate surface area is 149 Å². The van der Waals surface area contributed by atoms with E-state index >= 15 is 0 Å². The summed E-state index contributed by atoms with van der Waals surface area (Å²) in [6.45, 7) is 0. The van der Waals surface area contributed by atoms with Crippen molar-refractivity contribution in [2.24, 2.45) is 0 Å². The number of carbonyl (C=O) groups is 1. The molecular formula is C19H11Cl3O. The van der Waals surface area contributed by atoms with Gasteiger partial charge in [0, 0.05) is 5.56 Å². The summed E-state index contributed by atoms with van der Waals surface area (Å²) in [6.07, 6.45) is 3.27. The maximum Gasteiger partial charge on any atom is 0.187 e. The second kappa shape index (κ2) is 6.76. The van der Waals surface area contributed by atoms with Gasteiger partial charge in [0.25, 0.3) is 0 Å². The molecule has 0 heterocycles. The molecule has 3 aromatic rings. The van der Waals surface area contributed by atoms with Gasteiger partial charge < -0.3 is 0 Å². The summed E-state index contributed by atoms with van der Waals surface area (Å²) < 4.78 is 0. The normalized spacial score (nSPS) is 11.3. The Morgan fingerprint density at radius 2 is 1.57 bits per heavy atom. The average molecular weight is 362 g/mol. The van der Waals surface area contributed by atoms with Crippen molar-refractivity contribution in [2.75, 3.05) is 0 Å². The molecule has 0 saturated carbocycles. The molecule has 0 N–H and O–H groups in total. The fourth-order valence-corrected chi connectivity index (χ4v) is 3.00. The molecule has 0 aliphatic carbocycles. The van der Waals surface area contributed by atoms with Crippen LogP contribution in [0.25, 0.3) is 16.8 Å². The second-order valence-electron chi connectivity index (χ2n) is 4.99. The molecular weight excluding hydrogens is 351 g/mol. The summed E-state index contributed by atoms with van der Waals surface area (Å²) in [5, 5.41) is 2.89. The van der Waals surface area contributed by atoms with Gasteiger partial charge in [0.05, 0.1) is 15.1 Å². The lowest BCUT2D eigenvalue weighted by Gasteiger charge is -2.04. The van der Waals surface area contributed by atoms with Crippen LogP contribution in [0.1, 0.15) is 15.9 Å². The number of allylic oxidation sites excluding steroid dienone is 1. The molecule has 1 nitrogen and oxygen atoms in total. The summed E-state index contributed by atoms with van der Waals surface area (Å²) in [5.41, 5.74) is 1.30. The van der Waals surface area contributed by atoms with E-state index in [0.717, 1.165) is 16.3 Å². The molecule has 4 heteroatoms. The number of hydrogen-bond donors (Lipinski definition) is 0. The fraction of sp³-hybridized carbons (Fsp3) is 0. The van der Waals surface area contributed by atoms with Gasteiger partial charge in [-0.2, -0.15) is 0 Å². The number of hydrogen-bond acceptors (Lipinski definition) is 1. The molecule has 0 spiro atoms. The van der Waals surface area contributed by atoms with E-state index in [1.165, 1.54) is 6.08 Å². The van der Waals surface area contributed by atoms with Gasteiger partial charge in [-0.15, -0.1) is 0 Å². The van der Waals surface area contributed by atoms with E-state index in [9.17, 15) is 4.79 Å². The second-order valence-corrected chi connectivity index (χ2v) is 6.15. The van der Waals surface area contributed by atoms with Gasteiger partial charge in [-0.05, 0) is 34.5 Å². The maximum absolute atomic E-state index is 12.4. The minimum Gasteiger partial charge on any atom is -0.289 e. The van der Waals surface area contributed by atoms with E-state index in [0.29, 0.717) is 10.6 Å². The zero-order valence-electron chi connectivity index (χ0n) is 11.9. The van der Waals surface area contributed by atoms with Crippen LogP contribution >= 0.6 is 34.8 Å². The zero-order chi connectivity index (χ0) is 16.4. The molecule has 0 fully saturated rings. The molecule has 0 bridgehead atoms. The Hall–Kier alpha value is -1.80. The van der Waals surface area contributed by atoms with Crippen molar-refractivity contribution in [2.45, 2.75) is 0 Å². The highest BCUT2D eigenvalue weighted by Crippen LogP contribution is 2.33. The Kier molecular flexibility index (Phi) is 4.72. The molecule has 23 heavy (non-hydrogen) atoms. The van der Waals surface area contributed by atoms with Crippen LogP contribution in [0.2, 0.25) is 15.1 Å². The van der Waals surface area contributed by atoms with Crippen LogP contribution in [-0.2, 0) is 0 Å². The van der Waals surface area contributed by atoms with Crippen molar-refractivity contribution in [1.29, 1.82) is 0 Å². The topological polar surface area (TPSA) is 17.1 Å². The molecule has 0 saturated heterocycles. The first-order valence-corrected chi connectivity index (χ1v) is 8.05. The first kappa shape index (κ1) is 16.1. The van der Waals surface area contributed by atoms with Gasteiger partial charge >= 0.3 is 0 Å². The lowest BCUT2D eigenvalue weighted by Crippen LogP contribution is -1.96. The van der Waals surface area contributed by atoms with Gasteiger partial charge in [-0.1, -0.05) is 83.3 Å². The third kappa shape index (κ3) is 3.28. The predicted octanol–water partition coefficient (Wildman–Crippen LogP) is 6.70. The summed E-state index contributed by atoms with van der Waals surface area (Å²) >= 11 is 18.0. The highest BCUT2D eigenvalue weighted by Gasteiger charge is 2.13. The van der Waals surface area contributed by atoms with Crippen LogP contribution in [0.5, 0.6) is 0 Å². The summed E-state index contributed by atoms with van der Waals surface area (Å²) in [4.78, 5) is 12.4. The summed E-state index contributed by atoms with van der Waals surface area (Å²) in [6, 6.07) is 17.1. The molecule has 0 unspecified atom stereocenters. The number of halogens is 3. The van der Waals surface area contributed by atoms with Crippen molar-refractivity contribution >= 4 is 57.4 Å². The summed E-state index contributed by atoms with van der Waals surface area (Å²) in [5.74, 6) is -0.221. The number of rotatable bonds is 3. The van der Waals surface area contributed by atoms with Gasteiger partial charge in [0.1, 0.15) is 0 Å². The highest BCUT2D eigenvalue weighted by atomic mass is 35.5. The Morgan fingerprint density at radius 1 is 0.826 bits per heavy atom. The number of fused-ring (bicyclic) bond motifs is 1. The van der Waals surface area contributed by atoms with E-state index < -0.39 is 0 Å². The maximum atomic E-state index is 12.4. The van der Waals surface area contributed by atoms with Crippen molar-refractivity contribution in [3.8, 4) is 0 Å². The van der Waals surface area contributed by atoms with Crippen LogP contribution in [0.4, 0.5) is 0 Å². The minimum atomic E-state index is -0.221. The van der Waals surface area contributed by atoms with Gasteiger partial charge in [0.15, 0.2) is 5.78 Å². The number of ketones is 1. The van der Waals surface area contributed by atoms with Crippen molar-refractivity contribution in [3.63, 3.8) is 0 Å². The molecule has 0 aliphatic heterocycles. The highest BCUT2D eigenvalue weighted by molar-refractivity contribution is 6.49. The SMILES string of the molecule is O=C(C=Cc1cccc2ccccc12)c1ccc(Cl)c(Cl)c1Cl. The van der Waals surface area contributed by atoms with Crippen LogP contribution in [0, 0.1) is 0 Å². The van der Waals surface area contributed by atoms with Crippen LogP contribution in [0.3, 0.4) is 0 Å². The summed E-state index contributed by atoms with van der Waals surface area (Å²) in [7, 11) is 0. The van der Waals surface area contributed by atoms with E-state index in [1.807, 2.05) is 42.5 Å². The monoisotopic (exact) mass is 360 g/mol.